The highest BCUT2D eigenvalue weighted by molar-refractivity contribution is 6.31. The summed E-state index contributed by atoms with van der Waals surface area (Å²) >= 11 is 6.17. The van der Waals surface area contributed by atoms with Crippen molar-refractivity contribution >= 4 is 23.3 Å². The molecule has 1 saturated heterocycles. The van der Waals surface area contributed by atoms with Crippen LogP contribution in [0, 0.1) is 13.8 Å². The van der Waals surface area contributed by atoms with E-state index in [1.807, 2.05) is 13.8 Å². The van der Waals surface area contributed by atoms with Crippen molar-refractivity contribution < 1.29 is 4.79 Å². The molecule has 1 aromatic heterocycles. The van der Waals surface area contributed by atoms with Gasteiger partial charge in [-0.25, -0.2) is 9.97 Å². The van der Waals surface area contributed by atoms with Gasteiger partial charge >= 0.3 is 0 Å². The quantitative estimate of drug-likeness (QED) is 0.899. The van der Waals surface area contributed by atoms with Crippen LogP contribution in [0.15, 0.2) is 0 Å². The molecular weight excluding hydrogens is 264 g/mol. The fraction of sp³-hybridized carbons (Fsp3) is 0.615. The molecular formula is C13H19ClN4O. The van der Waals surface area contributed by atoms with Crippen LogP contribution in [-0.4, -0.2) is 35.0 Å². The molecule has 104 valence electrons. The molecule has 0 bridgehead atoms. The maximum atomic E-state index is 11.0. The van der Waals surface area contributed by atoms with Crippen LogP contribution in [0.2, 0.25) is 5.15 Å². The molecule has 2 heterocycles. The Kier molecular flexibility index (Phi) is 4.24. The zero-order chi connectivity index (χ0) is 14.0. The number of halogens is 1. The van der Waals surface area contributed by atoms with E-state index in [-0.39, 0.29) is 11.9 Å². The van der Waals surface area contributed by atoms with Crippen molar-refractivity contribution in [2.75, 3.05) is 18.0 Å². The van der Waals surface area contributed by atoms with Crippen molar-refractivity contribution in [3.05, 3.63) is 16.5 Å². The highest BCUT2D eigenvalue weighted by Gasteiger charge is 2.23. The van der Waals surface area contributed by atoms with E-state index in [9.17, 15) is 4.79 Å². The third-order valence-electron chi connectivity index (χ3n) is 3.45. The lowest BCUT2D eigenvalue weighted by atomic mass is 10.1. The van der Waals surface area contributed by atoms with Gasteiger partial charge in [-0.1, -0.05) is 11.6 Å². The maximum absolute atomic E-state index is 11.0. The van der Waals surface area contributed by atoms with Gasteiger partial charge in [0.05, 0.1) is 11.4 Å². The molecule has 1 fully saturated rings. The number of rotatable bonds is 2. The minimum absolute atomic E-state index is 0.0301. The highest BCUT2D eigenvalue weighted by Crippen LogP contribution is 2.25. The summed E-state index contributed by atoms with van der Waals surface area (Å²) in [5.74, 6) is 0.786. The summed E-state index contributed by atoms with van der Waals surface area (Å²) in [7, 11) is 0. The molecule has 6 heteroatoms. The van der Waals surface area contributed by atoms with Gasteiger partial charge in [0, 0.05) is 26.1 Å². The summed E-state index contributed by atoms with van der Waals surface area (Å²) in [5.41, 5.74) is 1.77. The van der Waals surface area contributed by atoms with E-state index >= 15 is 0 Å². The SMILES string of the molecule is CC(=O)NC1CCN(c2nc(C)c(C)nc2Cl)CC1. The molecule has 0 unspecified atom stereocenters. The van der Waals surface area contributed by atoms with E-state index in [0.29, 0.717) is 5.15 Å². The van der Waals surface area contributed by atoms with Gasteiger partial charge in [0.2, 0.25) is 5.91 Å². The van der Waals surface area contributed by atoms with Gasteiger partial charge in [-0.05, 0) is 26.7 Å². The first-order valence-electron chi connectivity index (χ1n) is 6.50. The van der Waals surface area contributed by atoms with Gasteiger partial charge in [0.15, 0.2) is 11.0 Å². The Labute approximate surface area is 118 Å². The van der Waals surface area contributed by atoms with Crippen molar-refractivity contribution in [3.63, 3.8) is 0 Å². The Morgan fingerprint density at radius 3 is 2.42 bits per heavy atom. The lowest BCUT2D eigenvalue weighted by Gasteiger charge is -2.33. The van der Waals surface area contributed by atoms with Gasteiger partial charge in [0.1, 0.15) is 0 Å². The molecule has 19 heavy (non-hydrogen) atoms. The fourth-order valence-electron chi connectivity index (χ4n) is 2.29. The number of piperidine rings is 1. The number of carbonyl (C=O) groups excluding carboxylic acids is 1. The Bertz CT molecular complexity index is 484. The van der Waals surface area contributed by atoms with Crippen LogP contribution in [0.5, 0.6) is 0 Å². The van der Waals surface area contributed by atoms with Crippen LogP contribution in [0.25, 0.3) is 0 Å². The molecule has 0 saturated carbocycles. The molecule has 1 amide bonds. The summed E-state index contributed by atoms with van der Waals surface area (Å²) in [4.78, 5) is 22.0. The minimum atomic E-state index is 0.0301. The molecule has 1 N–H and O–H groups in total. The van der Waals surface area contributed by atoms with E-state index < -0.39 is 0 Å². The topological polar surface area (TPSA) is 58.1 Å². The van der Waals surface area contributed by atoms with E-state index in [4.69, 9.17) is 11.6 Å². The molecule has 1 aromatic rings. The van der Waals surface area contributed by atoms with Gasteiger partial charge in [-0.2, -0.15) is 0 Å². The van der Waals surface area contributed by atoms with Crippen molar-refractivity contribution in [2.24, 2.45) is 0 Å². The number of aryl methyl sites for hydroxylation is 2. The van der Waals surface area contributed by atoms with Gasteiger partial charge in [-0.3, -0.25) is 4.79 Å². The summed E-state index contributed by atoms with van der Waals surface area (Å²) in [6, 6.07) is 0.257. The van der Waals surface area contributed by atoms with E-state index in [1.165, 1.54) is 0 Å². The second-order valence-corrected chi connectivity index (χ2v) is 5.33. The predicted molar refractivity (Wildman–Crippen MR) is 75.6 cm³/mol. The number of anilines is 1. The third-order valence-corrected chi connectivity index (χ3v) is 3.70. The Balaban J connectivity index is 2.05. The first kappa shape index (κ1) is 14.1. The molecule has 0 atom stereocenters. The van der Waals surface area contributed by atoms with Gasteiger partial charge in [-0.15, -0.1) is 0 Å². The standard InChI is InChI=1S/C13H19ClN4O/c1-8-9(2)16-13(12(14)15-8)18-6-4-11(5-7-18)17-10(3)19/h11H,4-7H2,1-3H3,(H,17,19). The van der Waals surface area contributed by atoms with Crippen molar-refractivity contribution in [1.82, 2.24) is 15.3 Å². The summed E-state index contributed by atoms with van der Waals surface area (Å²) in [5, 5.41) is 3.41. The summed E-state index contributed by atoms with van der Waals surface area (Å²) in [6.07, 6.45) is 1.81. The average molecular weight is 283 g/mol. The van der Waals surface area contributed by atoms with E-state index in [2.05, 4.69) is 20.2 Å². The fourth-order valence-corrected chi connectivity index (χ4v) is 2.58. The molecule has 5 nitrogen and oxygen atoms in total. The number of nitrogens with zero attached hydrogens (tertiary/aromatic N) is 3. The molecule has 2 rings (SSSR count). The largest absolute Gasteiger partial charge is 0.354 e. The Morgan fingerprint density at radius 2 is 1.84 bits per heavy atom. The number of nitrogens with one attached hydrogen (secondary N) is 1. The third kappa shape index (κ3) is 3.35. The molecule has 0 spiro atoms. The van der Waals surface area contributed by atoms with Crippen LogP contribution >= 0.6 is 11.6 Å². The number of amides is 1. The monoisotopic (exact) mass is 282 g/mol. The predicted octanol–water partition coefficient (Wildman–Crippen LogP) is 1.85. The summed E-state index contributed by atoms with van der Waals surface area (Å²) < 4.78 is 0. The lowest BCUT2D eigenvalue weighted by Crippen LogP contribution is -2.44. The number of hydrogen-bond acceptors (Lipinski definition) is 4. The number of aromatic nitrogens is 2. The van der Waals surface area contributed by atoms with Crippen LogP contribution in [0.1, 0.15) is 31.2 Å². The van der Waals surface area contributed by atoms with Crippen LogP contribution in [0.3, 0.4) is 0 Å². The second kappa shape index (κ2) is 5.74. The Hall–Kier alpha value is -1.36. The number of hydrogen-bond donors (Lipinski definition) is 1. The lowest BCUT2D eigenvalue weighted by molar-refractivity contribution is -0.119. The maximum Gasteiger partial charge on any atom is 0.217 e. The molecule has 0 aliphatic carbocycles. The molecule has 0 radical (unpaired) electrons. The zero-order valence-electron chi connectivity index (χ0n) is 11.5. The average Bonchev–Trinajstić information content (AvgIpc) is 2.34. The first-order chi connectivity index (χ1) is 8.97. The van der Waals surface area contributed by atoms with Crippen molar-refractivity contribution in [2.45, 2.75) is 39.7 Å². The zero-order valence-corrected chi connectivity index (χ0v) is 12.3. The second-order valence-electron chi connectivity index (χ2n) is 4.97. The minimum Gasteiger partial charge on any atom is -0.354 e. The number of carbonyl (C=O) groups is 1. The smallest absolute Gasteiger partial charge is 0.217 e. The van der Waals surface area contributed by atoms with Gasteiger partial charge in [0.25, 0.3) is 0 Å². The normalized spacial score (nSPS) is 16.5. The first-order valence-corrected chi connectivity index (χ1v) is 6.88. The van der Waals surface area contributed by atoms with Crippen molar-refractivity contribution in [1.29, 1.82) is 0 Å². The molecule has 1 aliphatic heterocycles. The highest BCUT2D eigenvalue weighted by atomic mass is 35.5. The van der Waals surface area contributed by atoms with E-state index in [0.717, 1.165) is 43.1 Å². The van der Waals surface area contributed by atoms with Crippen LogP contribution < -0.4 is 10.2 Å². The van der Waals surface area contributed by atoms with Crippen molar-refractivity contribution in [3.8, 4) is 0 Å². The molecule has 0 aromatic carbocycles. The summed E-state index contributed by atoms with van der Waals surface area (Å²) in [6.45, 7) is 7.06. The van der Waals surface area contributed by atoms with Crippen LogP contribution in [-0.2, 0) is 4.79 Å². The van der Waals surface area contributed by atoms with Crippen LogP contribution in [0.4, 0.5) is 5.82 Å². The Morgan fingerprint density at radius 1 is 1.26 bits per heavy atom. The van der Waals surface area contributed by atoms with Gasteiger partial charge < -0.3 is 10.2 Å². The molecule has 1 aliphatic rings. The van der Waals surface area contributed by atoms with E-state index in [1.54, 1.807) is 6.92 Å².